The van der Waals surface area contributed by atoms with Crippen LogP contribution >= 0.6 is 0 Å². The Kier molecular flexibility index (Phi) is 5.75. The number of anilines is 1. The summed E-state index contributed by atoms with van der Waals surface area (Å²) in [5.41, 5.74) is 0.796. The van der Waals surface area contributed by atoms with E-state index in [9.17, 15) is 9.59 Å². The van der Waals surface area contributed by atoms with Gasteiger partial charge in [0.1, 0.15) is 11.5 Å². The molecule has 2 N–H and O–H groups in total. The first-order valence-electron chi connectivity index (χ1n) is 8.77. The number of carbonyl (C=O) groups excluding carboxylic acids is 2. The lowest BCUT2D eigenvalue weighted by Gasteiger charge is -2.38. The summed E-state index contributed by atoms with van der Waals surface area (Å²) in [6.07, 6.45) is 1.51. The molecule has 0 aliphatic carbocycles. The molecule has 1 fully saturated rings. The van der Waals surface area contributed by atoms with Gasteiger partial charge in [0.2, 0.25) is 0 Å². The molecule has 1 saturated heterocycles. The number of hydrogen-bond donors (Lipinski definition) is 2. The second kappa shape index (κ2) is 8.22. The second-order valence-electron chi connectivity index (χ2n) is 6.58. The molecule has 0 atom stereocenters. The van der Waals surface area contributed by atoms with Crippen LogP contribution in [0.4, 0.5) is 5.82 Å². The summed E-state index contributed by atoms with van der Waals surface area (Å²) in [4.78, 5) is 24.3. The zero-order valence-electron chi connectivity index (χ0n) is 15.4. The van der Waals surface area contributed by atoms with Gasteiger partial charge in [-0.1, -0.05) is 17.3 Å². The monoisotopic (exact) mass is 373 g/mol. The van der Waals surface area contributed by atoms with Gasteiger partial charge in [0, 0.05) is 31.2 Å². The molecule has 0 bridgehead atoms. The molecule has 0 spiro atoms. The van der Waals surface area contributed by atoms with E-state index >= 15 is 0 Å². The van der Waals surface area contributed by atoms with Gasteiger partial charge in [-0.2, -0.15) is 0 Å². The van der Waals surface area contributed by atoms with Crippen molar-refractivity contribution in [2.45, 2.75) is 25.2 Å². The van der Waals surface area contributed by atoms with Crippen LogP contribution in [0.2, 0.25) is 0 Å². The van der Waals surface area contributed by atoms with Crippen LogP contribution in [0, 0.1) is 6.92 Å². The van der Waals surface area contributed by atoms with Crippen LogP contribution in [0.1, 0.15) is 24.2 Å². The molecule has 8 nitrogen and oxygen atoms in total. The van der Waals surface area contributed by atoms with Gasteiger partial charge in [0.15, 0.2) is 5.82 Å². The van der Waals surface area contributed by atoms with Gasteiger partial charge in [-0.05, 0) is 37.5 Å². The molecule has 1 aliphatic rings. The minimum absolute atomic E-state index is 0.212. The fourth-order valence-corrected chi connectivity index (χ4v) is 3.20. The standard InChI is InChI=1S/C19H23N3O5/c1-13-11-16(22-27-13)21-18(24)17(23)20-12-19(7-9-26-10-8-19)14-3-5-15(25-2)6-4-14/h3-6,11H,7-10,12H2,1-2H3,(H,20,23)(H,21,22,24). The maximum absolute atomic E-state index is 12.2. The normalized spacial score (nSPS) is 15.8. The molecule has 8 heteroatoms. The summed E-state index contributed by atoms with van der Waals surface area (Å²) < 4.78 is 15.6. The lowest BCUT2D eigenvalue weighted by atomic mass is 9.74. The van der Waals surface area contributed by atoms with E-state index < -0.39 is 11.8 Å². The van der Waals surface area contributed by atoms with Crippen molar-refractivity contribution in [2.24, 2.45) is 0 Å². The summed E-state index contributed by atoms with van der Waals surface area (Å²) in [6.45, 7) is 3.25. The topological polar surface area (TPSA) is 103 Å². The number of methoxy groups -OCH3 is 1. The van der Waals surface area contributed by atoms with Crippen LogP contribution in [0.5, 0.6) is 5.75 Å². The fourth-order valence-electron chi connectivity index (χ4n) is 3.20. The Labute approximate surface area is 157 Å². The van der Waals surface area contributed by atoms with Crippen molar-refractivity contribution in [1.29, 1.82) is 0 Å². The number of ether oxygens (including phenoxy) is 2. The van der Waals surface area contributed by atoms with Crippen molar-refractivity contribution < 1.29 is 23.6 Å². The molecule has 3 rings (SSSR count). The van der Waals surface area contributed by atoms with E-state index in [4.69, 9.17) is 14.0 Å². The van der Waals surface area contributed by atoms with E-state index in [-0.39, 0.29) is 11.2 Å². The minimum atomic E-state index is -0.778. The number of nitrogens with one attached hydrogen (secondary N) is 2. The number of aromatic nitrogens is 1. The zero-order valence-corrected chi connectivity index (χ0v) is 15.4. The number of benzene rings is 1. The van der Waals surface area contributed by atoms with E-state index in [0.717, 1.165) is 24.2 Å². The summed E-state index contributed by atoms with van der Waals surface area (Å²) >= 11 is 0. The predicted molar refractivity (Wildman–Crippen MR) is 97.6 cm³/mol. The van der Waals surface area contributed by atoms with Crippen molar-refractivity contribution in [2.75, 3.05) is 32.2 Å². The van der Waals surface area contributed by atoms with Crippen molar-refractivity contribution >= 4 is 17.6 Å². The Hall–Kier alpha value is -2.87. The molecule has 0 radical (unpaired) electrons. The summed E-state index contributed by atoms with van der Waals surface area (Å²) in [5.74, 6) is 0.0394. The maximum Gasteiger partial charge on any atom is 0.314 e. The molecule has 1 aromatic carbocycles. The SMILES string of the molecule is COc1ccc(C2(CNC(=O)C(=O)Nc3cc(C)on3)CCOCC2)cc1. The van der Waals surface area contributed by atoms with Gasteiger partial charge in [-0.15, -0.1) is 0 Å². The Morgan fingerprint density at radius 3 is 2.48 bits per heavy atom. The van der Waals surface area contributed by atoms with Crippen LogP contribution in [-0.2, 0) is 19.7 Å². The zero-order chi connectivity index (χ0) is 19.3. The molecule has 27 heavy (non-hydrogen) atoms. The van der Waals surface area contributed by atoms with Crippen LogP contribution in [0.3, 0.4) is 0 Å². The van der Waals surface area contributed by atoms with Gasteiger partial charge >= 0.3 is 11.8 Å². The molecule has 1 aliphatic heterocycles. The highest BCUT2D eigenvalue weighted by Gasteiger charge is 2.35. The highest BCUT2D eigenvalue weighted by molar-refractivity contribution is 6.39. The van der Waals surface area contributed by atoms with Crippen LogP contribution in [-0.4, -0.2) is 43.8 Å². The molecule has 2 heterocycles. The van der Waals surface area contributed by atoms with Gasteiger partial charge in [0.05, 0.1) is 7.11 Å². The number of nitrogens with zero attached hydrogens (tertiary/aromatic N) is 1. The van der Waals surface area contributed by atoms with Crippen LogP contribution < -0.4 is 15.4 Å². The second-order valence-corrected chi connectivity index (χ2v) is 6.58. The largest absolute Gasteiger partial charge is 0.497 e. The molecular weight excluding hydrogens is 350 g/mol. The molecule has 144 valence electrons. The van der Waals surface area contributed by atoms with Crippen molar-refractivity contribution in [3.8, 4) is 5.75 Å². The smallest absolute Gasteiger partial charge is 0.314 e. The third-order valence-electron chi connectivity index (χ3n) is 4.82. The van der Waals surface area contributed by atoms with Crippen molar-refractivity contribution in [1.82, 2.24) is 10.5 Å². The number of carbonyl (C=O) groups is 2. The summed E-state index contributed by atoms with van der Waals surface area (Å²) in [5, 5.41) is 8.82. The van der Waals surface area contributed by atoms with Gasteiger partial charge < -0.3 is 19.3 Å². The maximum atomic E-state index is 12.2. The molecule has 1 aromatic heterocycles. The Balaban J connectivity index is 1.67. The third kappa shape index (κ3) is 4.46. The van der Waals surface area contributed by atoms with E-state index in [1.54, 1.807) is 20.1 Å². The lowest BCUT2D eigenvalue weighted by Crippen LogP contribution is -2.47. The highest BCUT2D eigenvalue weighted by Crippen LogP contribution is 2.35. The summed E-state index contributed by atoms with van der Waals surface area (Å²) in [6, 6.07) is 9.33. The minimum Gasteiger partial charge on any atom is -0.497 e. The third-order valence-corrected chi connectivity index (χ3v) is 4.82. The fraction of sp³-hybridized carbons (Fsp3) is 0.421. The number of hydrogen-bond acceptors (Lipinski definition) is 6. The first-order valence-corrected chi connectivity index (χ1v) is 8.77. The van der Waals surface area contributed by atoms with Gasteiger partial charge in [0.25, 0.3) is 0 Å². The van der Waals surface area contributed by atoms with E-state index in [2.05, 4.69) is 15.8 Å². The number of amides is 2. The predicted octanol–water partition coefficient (Wildman–Crippen LogP) is 1.79. The van der Waals surface area contributed by atoms with E-state index in [0.29, 0.717) is 25.5 Å². The van der Waals surface area contributed by atoms with E-state index in [1.165, 1.54) is 0 Å². The Morgan fingerprint density at radius 1 is 1.19 bits per heavy atom. The molecule has 0 saturated carbocycles. The Morgan fingerprint density at radius 2 is 1.89 bits per heavy atom. The van der Waals surface area contributed by atoms with Gasteiger partial charge in [-0.3, -0.25) is 14.9 Å². The van der Waals surface area contributed by atoms with E-state index in [1.807, 2.05) is 24.3 Å². The van der Waals surface area contributed by atoms with Crippen LogP contribution in [0.15, 0.2) is 34.9 Å². The number of aryl methyl sites for hydroxylation is 1. The molecule has 0 unspecified atom stereocenters. The first kappa shape index (κ1) is 18.9. The van der Waals surface area contributed by atoms with Crippen molar-refractivity contribution in [3.63, 3.8) is 0 Å². The molecular formula is C19H23N3O5. The average molecular weight is 373 g/mol. The molecule has 2 amide bonds. The first-order chi connectivity index (χ1) is 13.0. The van der Waals surface area contributed by atoms with Crippen LogP contribution in [0.25, 0.3) is 0 Å². The average Bonchev–Trinajstić information content (AvgIpc) is 3.11. The van der Waals surface area contributed by atoms with Crippen molar-refractivity contribution in [3.05, 3.63) is 41.7 Å². The Bertz CT molecular complexity index is 794. The van der Waals surface area contributed by atoms with Gasteiger partial charge in [-0.25, -0.2) is 0 Å². The quantitative estimate of drug-likeness (QED) is 0.775. The lowest BCUT2D eigenvalue weighted by molar-refractivity contribution is -0.136. The number of rotatable bonds is 5. The summed E-state index contributed by atoms with van der Waals surface area (Å²) in [7, 11) is 1.62. The highest BCUT2D eigenvalue weighted by atomic mass is 16.5. The molecule has 2 aromatic rings.